The van der Waals surface area contributed by atoms with Crippen molar-refractivity contribution in [1.29, 1.82) is 0 Å². The Kier molecular flexibility index (Phi) is 4.50. The molecule has 5 heteroatoms. The highest BCUT2D eigenvalue weighted by Crippen LogP contribution is 2.23. The van der Waals surface area contributed by atoms with Gasteiger partial charge >= 0.3 is 0 Å². The third kappa shape index (κ3) is 3.56. The minimum absolute atomic E-state index is 0.0966. The van der Waals surface area contributed by atoms with E-state index in [1.54, 1.807) is 11.8 Å². The van der Waals surface area contributed by atoms with Crippen molar-refractivity contribution in [1.82, 2.24) is 4.90 Å². The Balaban J connectivity index is 2.82. The van der Waals surface area contributed by atoms with Crippen molar-refractivity contribution in [2.24, 2.45) is 9.98 Å². The van der Waals surface area contributed by atoms with Crippen molar-refractivity contribution in [2.75, 3.05) is 13.1 Å². The van der Waals surface area contributed by atoms with Gasteiger partial charge in [0.05, 0.1) is 5.54 Å². The Bertz CT molecular complexity index is 336. The number of aliphatic imine (C=N–C) groups is 2. The monoisotopic (exact) mass is 257 g/mol. The Labute approximate surface area is 107 Å². The summed E-state index contributed by atoms with van der Waals surface area (Å²) in [7, 11) is 0. The van der Waals surface area contributed by atoms with Crippen LogP contribution in [0.3, 0.4) is 0 Å². The summed E-state index contributed by atoms with van der Waals surface area (Å²) in [6.07, 6.45) is 0. The quantitative estimate of drug-likeness (QED) is 0.712. The molecule has 0 aliphatic carbocycles. The van der Waals surface area contributed by atoms with Crippen LogP contribution in [-0.4, -0.2) is 38.7 Å². The van der Waals surface area contributed by atoms with Gasteiger partial charge in [-0.05, 0) is 46.4 Å². The zero-order chi connectivity index (χ0) is 12.3. The Morgan fingerprint density at radius 2 is 1.88 bits per heavy atom. The molecule has 0 fully saturated rings. The molecule has 0 atom stereocenters. The summed E-state index contributed by atoms with van der Waals surface area (Å²) in [5.74, 6) is 0. The standard InChI is InChI=1S/C11H19N3S2/c1-6-14(7-2)10-12-8(15)9(16-10)13-11(3,4)5/h6-7H2,1-5H3. The van der Waals surface area contributed by atoms with Gasteiger partial charge in [0.25, 0.3) is 0 Å². The molecule has 1 heterocycles. The summed E-state index contributed by atoms with van der Waals surface area (Å²) < 4.78 is 0. The molecule has 16 heavy (non-hydrogen) atoms. The average molecular weight is 257 g/mol. The summed E-state index contributed by atoms with van der Waals surface area (Å²) in [4.78, 5) is 11.8. The molecule has 0 N–H and O–H groups in total. The molecule has 0 unspecified atom stereocenters. The molecule has 1 aliphatic heterocycles. The number of hydrogen-bond acceptors (Lipinski definition) is 4. The maximum Gasteiger partial charge on any atom is 0.171 e. The molecular formula is C11H19N3S2. The van der Waals surface area contributed by atoms with Crippen LogP contribution in [0.5, 0.6) is 0 Å². The molecule has 0 saturated heterocycles. The maximum atomic E-state index is 5.23. The molecule has 90 valence electrons. The number of thioether (sulfide) groups is 1. The molecule has 1 rings (SSSR count). The lowest BCUT2D eigenvalue weighted by molar-refractivity contribution is 0.476. The first-order valence-corrected chi connectivity index (χ1v) is 6.75. The van der Waals surface area contributed by atoms with Crippen LogP contribution in [0, 0.1) is 0 Å². The van der Waals surface area contributed by atoms with Crippen molar-refractivity contribution in [2.45, 2.75) is 40.2 Å². The first kappa shape index (κ1) is 13.6. The predicted octanol–water partition coefficient (Wildman–Crippen LogP) is 2.96. The highest BCUT2D eigenvalue weighted by atomic mass is 32.2. The second kappa shape index (κ2) is 5.27. The van der Waals surface area contributed by atoms with E-state index in [4.69, 9.17) is 12.2 Å². The highest BCUT2D eigenvalue weighted by molar-refractivity contribution is 8.29. The highest BCUT2D eigenvalue weighted by Gasteiger charge is 2.25. The van der Waals surface area contributed by atoms with Crippen LogP contribution < -0.4 is 0 Å². The minimum atomic E-state index is -0.0966. The Morgan fingerprint density at radius 3 is 2.31 bits per heavy atom. The zero-order valence-electron chi connectivity index (χ0n) is 10.6. The lowest BCUT2D eigenvalue weighted by Crippen LogP contribution is -2.27. The second-order valence-corrected chi connectivity index (χ2v) is 5.90. The van der Waals surface area contributed by atoms with Gasteiger partial charge in [-0.3, -0.25) is 4.99 Å². The summed E-state index contributed by atoms with van der Waals surface area (Å²) in [5.41, 5.74) is -0.0966. The number of amidine groups is 1. The number of hydrogen-bond donors (Lipinski definition) is 0. The van der Waals surface area contributed by atoms with Gasteiger partial charge < -0.3 is 4.90 Å². The van der Waals surface area contributed by atoms with Gasteiger partial charge in [0.1, 0.15) is 5.04 Å². The van der Waals surface area contributed by atoms with Gasteiger partial charge in [0, 0.05) is 13.1 Å². The SMILES string of the molecule is CCN(CC)C1=NC(=S)C(=NC(C)(C)C)S1. The van der Waals surface area contributed by atoms with Crippen LogP contribution in [0.4, 0.5) is 0 Å². The fraction of sp³-hybridized carbons (Fsp3) is 0.727. The third-order valence-electron chi connectivity index (χ3n) is 2.04. The van der Waals surface area contributed by atoms with E-state index in [1.807, 2.05) is 0 Å². The molecule has 0 bridgehead atoms. The minimum Gasteiger partial charge on any atom is -0.351 e. The lowest BCUT2D eigenvalue weighted by Gasteiger charge is -2.19. The van der Waals surface area contributed by atoms with E-state index in [-0.39, 0.29) is 5.54 Å². The van der Waals surface area contributed by atoms with Crippen LogP contribution in [0.1, 0.15) is 34.6 Å². The van der Waals surface area contributed by atoms with Gasteiger partial charge in [0.2, 0.25) is 0 Å². The molecule has 0 amide bonds. The number of thiocarbonyl (C=S) groups is 1. The van der Waals surface area contributed by atoms with E-state index in [0.29, 0.717) is 4.99 Å². The topological polar surface area (TPSA) is 28.0 Å². The maximum absolute atomic E-state index is 5.23. The largest absolute Gasteiger partial charge is 0.351 e. The van der Waals surface area contributed by atoms with E-state index < -0.39 is 0 Å². The van der Waals surface area contributed by atoms with E-state index in [1.165, 1.54) is 0 Å². The zero-order valence-corrected chi connectivity index (χ0v) is 12.2. The van der Waals surface area contributed by atoms with Gasteiger partial charge in [0.15, 0.2) is 10.2 Å². The van der Waals surface area contributed by atoms with Crippen molar-refractivity contribution in [3.8, 4) is 0 Å². The van der Waals surface area contributed by atoms with E-state index in [9.17, 15) is 0 Å². The van der Waals surface area contributed by atoms with Crippen LogP contribution in [0.25, 0.3) is 0 Å². The molecule has 0 radical (unpaired) electrons. The first-order chi connectivity index (χ1) is 7.37. The van der Waals surface area contributed by atoms with Crippen LogP contribution in [0.15, 0.2) is 9.98 Å². The van der Waals surface area contributed by atoms with Crippen molar-refractivity contribution in [3.05, 3.63) is 0 Å². The number of rotatable bonds is 2. The van der Waals surface area contributed by atoms with Gasteiger partial charge in [-0.15, -0.1) is 0 Å². The van der Waals surface area contributed by atoms with Crippen molar-refractivity contribution >= 4 is 39.2 Å². The predicted molar refractivity (Wildman–Crippen MR) is 77.7 cm³/mol. The van der Waals surface area contributed by atoms with Crippen molar-refractivity contribution in [3.63, 3.8) is 0 Å². The summed E-state index contributed by atoms with van der Waals surface area (Å²) >= 11 is 6.82. The molecule has 0 aromatic rings. The molecule has 3 nitrogen and oxygen atoms in total. The van der Waals surface area contributed by atoms with Gasteiger partial charge in [-0.2, -0.15) is 0 Å². The summed E-state index contributed by atoms with van der Waals surface area (Å²) in [5, 5.41) is 1.86. The van der Waals surface area contributed by atoms with Crippen LogP contribution >= 0.6 is 24.0 Å². The molecule has 0 aromatic carbocycles. The summed E-state index contributed by atoms with van der Waals surface area (Å²) in [6.45, 7) is 12.3. The molecular weight excluding hydrogens is 238 g/mol. The van der Waals surface area contributed by atoms with E-state index in [0.717, 1.165) is 23.3 Å². The van der Waals surface area contributed by atoms with Gasteiger partial charge in [-0.1, -0.05) is 12.2 Å². The first-order valence-electron chi connectivity index (χ1n) is 5.53. The van der Waals surface area contributed by atoms with Gasteiger partial charge in [-0.25, -0.2) is 4.99 Å². The van der Waals surface area contributed by atoms with Crippen LogP contribution in [0.2, 0.25) is 0 Å². The smallest absolute Gasteiger partial charge is 0.171 e. The summed E-state index contributed by atoms with van der Waals surface area (Å²) in [6, 6.07) is 0. The fourth-order valence-electron chi connectivity index (χ4n) is 1.29. The lowest BCUT2D eigenvalue weighted by atomic mass is 10.1. The Hall–Kier alpha value is -0.420. The third-order valence-corrected chi connectivity index (χ3v) is 3.46. The molecule has 1 aliphatic rings. The molecule has 0 spiro atoms. The number of nitrogens with zero attached hydrogens (tertiary/aromatic N) is 3. The molecule has 0 saturated carbocycles. The van der Waals surface area contributed by atoms with E-state index in [2.05, 4.69) is 49.5 Å². The van der Waals surface area contributed by atoms with Crippen LogP contribution in [-0.2, 0) is 0 Å². The second-order valence-electron chi connectivity index (χ2n) is 4.56. The van der Waals surface area contributed by atoms with E-state index >= 15 is 0 Å². The van der Waals surface area contributed by atoms with Crippen molar-refractivity contribution < 1.29 is 0 Å². The fourth-order valence-corrected chi connectivity index (χ4v) is 2.76. The normalized spacial score (nSPS) is 19.2. The average Bonchev–Trinajstić information content (AvgIpc) is 2.47. The molecule has 0 aromatic heterocycles. The Morgan fingerprint density at radius 1 is 1.31 bits per heavy atom.